The van der Waals surface area contributed by atoms with E-state index in [1.165, 1.54) is 12.0 Å². The lowest BCUT2D eigenvalue weighted by atomic mass is 9.97. The molecule has 0 fully saturated rings. The molecule has 0 radical (unpaired) electrons. The van der Waals surface area contributed by atoms with Crippen molar-refractivity contribution in [2.75, 3.05) is 6.61 Å². The Morgan fingerprint density at radius 2 is 1.79 bits per heavy atom. The number of esters is 1. The standard InChI is InChI=1S/C23H31FO3S/c1-4-18-19-15-17(16(3)14-20(19)27-23(28)22(18)24)12-10-8-6-7-9-11-13-26-21(25)5-2/h14-15H,4-13H2,1-3H3. The molecule has 1 heterocycles. The normalized spacial score (nSPS) is 11.1. The Morgan fingerprint density at radius 1 is 1.11 bits per heavy atom. The molecule has 0 saturated heterocycles. The Hall–Kier alpha value is -1.75. The molecule has 0 N–H and O–H groups in total. The van der Waals surface area contributed by atoms with Gasteiger partial charge in [0.25, 0.3) is 0 Å². The predicted octanol–water partition coefficient (Wildman–Crippen LogP) is 7.01. The number of benzene rings is 1. The average Bonchev–Trinajstić information content (AvgIpc) is 2.68. The second-order valence-electron chi connectivity index (χ2n) is 7.26. The van der Waals surface area contributed by atoms with Crippen LogP contribution in [0.4, 0.5) is 4.39 Å². The van der Waals surface area contributed by atoms with E-state index in [-0.39, 0.29) is 10.7 Å². The van der Waals surface area contributed by atoms with E-state index in [9.17, 15) is 9.18 Å². The number of ether oxygens (including phenoxy) is 1. The molecule has 154 valence electrons. The summed E-state index contributed by atoms with van der Waals surface area (Å²) < 4.78 is 24.8. The third-order valence-electron chi connectivity index (χ3n) is 5.16. The van der Waals surface area contributed by atoms with Gasteiger partial charge in [-0.25, -0.2) is 4.39 Å². The Morgan fingerprint density at radius 3 is 2.46 bits per heavy atom. The highest BCUT2D eigenvalue weighted by atomic mass is 32.1. The molecule has 1 aromatic heterocycles. The highest BCUT2D eigenvalue weighted by Crippen LogP contribution is 2.27. The number of aryl methyl sites for hydroxylation is 3. The summed E-state index contributed by atoms with van der Waals surface area (Å²) in [7, 11) is 0. The van der Waals surface area contributed by atoms with E-state index in [2.05, 4.69) is 13.0 Å². The van der Waals surface area contributed by atoms with Crippen molar-refractivity contribution >= 4 is 29.2 Å². The van der Waals surface area contributed by atoms with Crippen molar-refractivity contribution in [3.63, 3.8) is 0 Å². The molecule has 0 aliphatic heterocycles. The summed E-state index contributed by atoms with van der Waals surface area (Å²) in [4.78, 5) is 11.1. The van der Waals surface area contributed by atoms with Crippen molar-refractivity contribution in [1.82, 2.24) is 0 Å². The van der Waals surface area contributed by atoms with Gasteiger partial charge in [-0.05, 0) is 68.1 Å². The first-order chi connectivity index (χ1) is 13.5. The molecule has 0 bridgehead atoms. The van der Waals surface area contributed by atoms with Gasteiger partial charge in [-0.15, -0.1) is 0 Å². The number of hydrogen-bond donors (Lipinski definition) is 0. The van der Waals surface area contributed by atoms with Gasteiger partial charge in [-0.1, -0.05) is 39.5 Å². The van der Waals surface area contributed by atoms with Crippen LogP contribution >= 0.6 is 12.2 Å². The van der Waals surface area contributed by atoms with Crippen LogP contribution in [0.3, 0.4) is 0 Å². The summed E-state index contributed by atoms with van der Waals surface area (Å²) in [6.07, 6.45) is 8.67. The van der Waals surface area contributed by atoms with Crippen LogP contribution < -0.4 is 0 Å². The Kier molecular flexibility index (Phi) is 9.10. The van der Waals surface area contributed by atoms with Gasteiger partial charge < -0.3 is 9.15 Å². The van der Waals surface area contributed by atoms with E-state index in [1.54, 1.807) is 0 Å². The third kappa shape index (κ3) is 6.13. The minimum absolute atomic E-state index is 0.0547. The van der Waals surface area contributed by atoms with Gasteiger partial charge in [0.2, 0.25) is 4.71 Å². The van der Waals surface area contributed by atoms with Crippen LogP contribution in [0.25, 0.3) is 11.0 Å². The van der Waals surface area contributed by atoms with Crippen molar-refractivity contribution in [1.29, 1.82) is 0 Å². The molecule has 0 unspecified atom stereocenters. The zero-order chi connectivity index (χ0) is 20.5. The molecule has 3 nitrogen and oxygen atoms in total. The van der Waals surface area contributed by atoms with E-state index in [4.69, 9.17) is 21.4 Å². The van der Waals surface area contributed by atoms with Crippen LogP contribution in [-0.2, 0) is 22.4 Å². The minimum atomic E-state index is -0.399. The number of carbonyl (C=O) groups excluding carboxylic acids is 1. The highest BCUT2D eigenvalue weighted by molar-refractivity contribution is 7.71. The molecule has 1 aromatic carbocycles. The quantitative estimate of drug-likeness (QED) is 0.229. The van der Waals surface area contributed by atoms with Crippen molar-refractivity contribution in [2.45, 2.75) is 78.6 Å². The average molecular weight is 407 g/mol. The fourth-order valence-corrected chi connectivity index (χ4v) is 3.67. The summed E-state index contributed by atoms with van der Waals surface area (Å²) >= 11 is 5.00. The van der Waals surface area contributed by atoms with Crippen LogP contribution in [0.15, 0.2) is 16.5 Å². The van der Waals surface area contributed by atoms with Gasteiger partial charge in [0.15, 0.2) is 5.82 Å². The lowest BCUT2D eigenvalue weighted by Crippen LogP contribution is -2.03. The van der Waals surface area contributed by atoms with E-state index in [0.29, 0.717) is 30.6 Å². The van der Waals surface area contributed by atoms with Crippen LogP contribution in [0.1, 0.15) is 75.5 Å². The monoisotopic (exact) mass is 406 g/mol. The molecular weight excluding hydrogens is 375 g/mol. The van der Waals surface area contributed by atoms with Crippen LogP contribution in [0.5, 0.6) is 0 Å². The highest BCUT2D eigenvalue weighted by Gasteiger charge is 2.13. The van der Waals surface area contributed by atoms with Gasteiger partial charge in [-0.2, -0.15) is 0 Å². The molecule has 0 atom stereocenters. The fourth-order valence-electron chi connectivity index (χ4n) is 3.46. The number of rotatable bonds is 11. The fraction of sp³-hybridized carbons (Fsp3) is 0.565. The summed E-state index contributed by atoms with van der Waals surface area (Å²) in [5.41, 5.74) is 3.74. The minimum Gasteiger partial charge on any atom is -0.466 e. The molecule has 0 spiro atoms. The van der Waals surface area contributed by atoms with Crippen molar-refractivity contribution in [2.24, 2.45) is 0 Å². The van der Waals surface area contributed by atoms with Crippen LogP contribution in [0, 0.1) is 17.4 Å². The third-order valence-corrected chi connectivity index (χ3v) is 5.42. The van der Waals surface area contributed by atoms with E-state index in [1.807, 2.05) is 19.9 Å². The SMILES string of the molecule is CCC(=O)OCCCCCCCCc1cc2c(CC)c(F)c(=S)oc2cc1C. The first-order valence-electron chi connectivity index (χ1n) is 10.4. The topological polar surface area (TPSA) is 39.4 Å². The van der Waals surface area contributed by atoms with E-state index in [0.717, 1.165) is 49.5 Å². The molecule has 0 aliphatic rings. The molecular formula is C23H31FO3S. The van der Waals surface area contributed by atoms with Gasteiger partial charge in [0.1, 0.15) is 5.58 Å². The number of halogens is 1. The van der Waals surface area contributed by atoms with Crippen LogP contribution in [-0.4, -0.2) is 12.6 Å². The Labute approximate surface area is 172 Å². The first-order valence-corrected chi connectivity index (χ1v) is 10.8. The van der Waals surface area contributed by atoms with E-state index >= 15 is 0 Å². The smallest absolute Gasteiger partial charge is 0.305 e. The summed E-state index contributed by atoms with van der Waals surface area (Å²) in [6.45, 7) is 6.36. The Bertz CT molecular complexity index is 857. The molecule has 2 aromatic rings. The zero-order valence-corrected chi connectivity index (χ0v) is 18.1. The summed E-state index contributed by atoms with van der Waals surface area (Å²) in [5.74, 6) is -0.516. The second-order valence-corrected chi connectivity index (χ2v) is 7.63. The number of fused-ring (bicyclic) bond motifs is 1. The summed E-state index contributed by atoms with van der Waals surface area (Å²) in [5, 5.41) is 0.843. The summed E-state index contributed by atoms with van der Waals surface area (Å²) in [6, 6.07) is 4.06. The maximum Gasteiger partial charge on any atom is 0.305 e. The van der Waals surface area contributed by atoms with Gasteiger partial charge in [0.05, 0.1) is 6.61 Å². The second kappa shape index (κ2) is 11.3. The Balaban J connectivity index is 1.83. The maximum atomic E-state index is 14.3. The van der Waals surface area contributed by atoms with E-state index < -0.39 is 5.82 Å². The predicted molar refractivity (Wildman–Crippen MR) is 114 cm³/mol. The molecule has 5 heteroatoms. The maximum absolute atomic E-state index is 14.3. The van der Waals surface area contributed by atoms with Crippen molar-refractivity contribution in [3.8, 4) is 0 Å². The number of carbonyl (C=O) groups is 1. The first kappa shape index (κ1) is 22.5. The molecule has 0 saturated carbocycles. The van der Waals surface area contributed by atoms with Gasteiger partial charge in [-0.3, -0.25) is 4.79 Å². The van der Waals surface area contributed by atoms with Gasteiger partial charge in [0, 0.05) is 17.4 Å². The lowest BCUT2D eigenvalue weighted by Gasteiger charge is -2.11. The molecule has 0 aliphatic carbocycles. The largest absolute Gasteiger partial charge is 0.466 e. The lowest BCUT2D eigenvalue weighted by molar-refractivity contribution is -0.143. The molecule has 0 amide bonds. The van der Waals surface area contributed by atoms with Crippen molar-refractivity contribution in [3.05, 3.63) is 39.3 Å². The van der Waals surface area contributed by atoms with Crippen LogP contribution in [0.2, 0.25) is 0 Å². The van der Waals surface area contributed by atoms with Crippen molar-refractivity contribution < 1.29 is 18.3 Å². The molecule has 2 rings (SSSR count). The number of unbranched alkanes of at least 4 members (excludes halogenated alkanes) is 5. The number of hydrogen-bond acceptors (Lipinski definition) is 4. The molecule has 28 heavy (non-hydrogen) atoms. The zero-order valence-electron chi connectivity index (χ0n) is 17.2. The van der Waals surface area contributed by atoms with Gasteiger partial charge >= 0.3 is 5.97 Å².